The van der Waals surface area contributed by atoms with Crippen LogP contribution in [0.15, 0.2) is 102 Å². The number of piperidine rings is 1. The van der Waals surface area contributed by atoms with Gasteiger partial charge in [0, 0.05) is 49.0 Å². The van der Waals surface area contributed by atoms with Crippen molar-refractivity contribution in [2.75, 3.05) is 40.5 Å². The van der Waals surface area contributed by atoms with Gasteiger partial charge in [0.15, 0.2) is 9.84 Å². The van der Waals surface area contributed by atoms with E-state index in [-0.39, 0.29) is 23.3 Å². The number of urea groups is 1. The Balaban J connectivity index is 0.00000500. The molecule has 10 nitrogen and oxygen atoms in total. The molecule has 14 heteroatoms. The molecule has 47 heavy (non-hydrogen) atoms. The van der Waals surface area contributed by atoms with Crippen molar-refractivity contribution >= 4 is 55.4 Å². The van der Waals surface area contributed by atoms with Gasteiger partial charge in [-0.05, 0) is 97.3 Å². The minimum Gasteiger partial charge on any atom is -0.457 e. The predicted octanol–water partition coefficient (Wildman–Crippen LogP) is 6.52. The van der Waals surface area contributed by atoms with Gasteiger partial charge in [-0.1, -0.05) is 18.2 Å². The molecule has 1 saturated heterocycles. The summed E-state index contributed by atoms with van der Waals surface area (Å²) in [6.07, 6.45) is 3.54. The molecule has 1 heterocycles. The average molecular weight is 703 g/mol. The van der Waals surface area contributed by atoms with Crippen LogP contribution in [0, 0.1) is 5.82 Å². The van der Waals surface area contributed by atoms with Crippen molar-refractivity contribution in [1.82, 2.24) is 4.90 Å². The molecule has 0 spiro atoms. The molecular formula is C33H36ClFN4O6S2. The highest BCUT2D eigenvalue weighted by Gasteiger charge is 2.30. The van der Waals surface area contributed by atoms with Crippen LogP contribution in [0.2, 0.25) is 0 Å². The molecule has 0 aliphatic carbocycles. The molecule has 0 radical (unpaired) electrons. The summed E-state index contributed by atoms with van der Waals surface area (Å²) in [7, 11) is -6.85. The number of carbonyl (C=O) groups is 1. The van der Waals surface area contributed by atoms with Gasteiger partial charge in [-0.2, -0.15) is 0 Å². The third-order valence-corrected chi connectivity index (χ3v) is 9.20. The number of anilines is 3. The predicted molar refractivity (Wildman–Crippen MR) is 184 cm³/mol. The monoisotopic (exact) mass is 702 g/mol. The van der Waals surface area contributed by atoms with Gasteiger partial charge in [-0.15, -0.1) is 12.4 Å². The number of benzene rings is 4. The topological polar surface area (TPSA) is 125 Å². The third-order valence-electron chi connectivity index (χ3n) is 7.48. The first-order valence-electron chi connectivity index (χ1n) is 14.6. The lowest BCUT2D eigenvalue weighted by Gasteiger charge is -2.38. The molecule has 0 aromatic heterocycles. The Morgan fingerprint density at radius 3 is 2.00 bits per heavy atom. The number of carbonyl (C=O) groups excluding carboxylic acids is 1. The van der Waals surface area contributed by atoms with Gasteiger partial charge in [-0.3, -0.25) is 14.5 Å². The van der Waals surface area contributed by atoms with E-state index >= 15 is 0 Å². The zero-order valence-electron chi connectivity index (χ0n) is 25.8. The Morgan fingerprint density at radius 2 is 1.43 bits per heavy atom. The maximum atomic E-state index is 13.6. The minimum absolute atomic E-state index is 0. The Labute approximate surface area is 280 Å². The number of nitrogens with one attached hydrogen (secondary N) is 2. The van der Waals surface area contributed by atoms with Crippen LogP contribution in [0.5, 0.6) is 11.5 Å². The number of amides is 2. The van der Waals surface area contributed by atoms with Crippen LogP contribution < -0.4 is 19.7 Å². The van der Waals surface area contributed by atoms with Crippen LogP contribution >= 0.6 is 12.4 Å². The third kappa shape index (κ3) is 10.2. The van der Waals surface area contributed by atoms with Crippen molar-refractivity contribution < 1.29 is 30.8 Å². The van der Waals surface area contributed by atoms with Gasteiger partial charge < -0.3 is 10.1 Å². The zero-order chi connectivity index (χ0) is 32.9. The summed E-state index contributed by atoms with van der Waals surface area (Å²) in [4.78, 5) is 17.6. The maximum absolute atomic E-state index is 13.6. The van der Waals surface area contributed by atoms with E-state index in [1.807, 2.05) is 24.3 Å². The van der Waals surface area contributed by atoms with Gasteiger partial charge in [0.25, 0.3) is 0 Å². The number of nitrogens with zero attached hydrogens (tertiary/aromatic N) is 2. The van der Waals surface area contributed by atoms with E-state index in [1.54, 1.807) is 41.3 Å². The molecule has 1 aliphatic heterocycles. The molecule has 4 aromatic rings. The number of hydrogen-bond donors (Lipinski definition) is 2. The lowest BCUT2D eigenvalue weighted by atomic mass is 10.0. The van der Waals surface area contributed by atoms with Crippen molar-refractivity contribution in [3.63, 3.8) is 0 Å². The molecule has 5 rings (SSSR count). The first-order valence-corrected chi connectivity index (χ1v) is 18.3. The van der Waals surface area contributed by atoms with Crippen LogP contribution in [0.1, 0.15) is 18.4 Å². The maximum Gasteiger partial charge on any atom is 0.326 e. The molecule has 0 unspecified atom stereocenters. The number of sulfonamides is 1. The van der Waals surface area contributed by atoms with E-state index < -0.39 is 31.7 Å². The highest BCUT2D eigenvalue weighted by Crippen LogP contribution is 2.29. The van der Waals surface area contributed by atoms with E-state index in [0.29, 0.717) is 61.0 Å². The highest BCUT2D eigenvalue weighted by molar-refractivity contribution is 7.92. The lowest BCUT2D eigenvalue weighted by Crippen LogP contribution is -2.49. The van der Waals surface area contributed by atoms with Gasteiger partial charge in [-0.25, -0.2) is 26.0 Å². The lowest BCUT2D eigenvalue weighted by molar-refractivity contribution is 0.199. The Bertz CT molecular complexity index is 1890. The smallest absolute Gasteiger partial charge is 0.326 e. The standard InChI is InChI=1S/C33H35FN4O6S2.ClH/c1-45(40,41)32-5-3-4-29(22-32)38(33(39)35-26-10-8-25(34)9-11-26)28-18-20-37(21-19-28)23-24-6-14-30(15-7-24)44-31-16-12-27(13-17-31)36-46(2,42)43;/h3-17,22,28,36H,18-21,23H2,1-2H3,(H,35,39);1H. The van der Waals surface area contributed by atoms with Crippen molar-refractivity contribution in [2.24, 2.45) is 0 Å². The van der Waals surface area contributed by atoms with Crippen molar-refractivity contribution in [3.8, 4) is 11.5 Å². The fourth-order valence-electron chi connectivity index (χ4n) is 5.27. The fraction of sp³-hybridized carbons (Fsp3) is 0.242. The Hall–Kier alpha value is -4.17. The second kappa shape index (κ2) is 15.2. The molecule has 0 bridgehead atoms. The number of hydrogen-bond acceptors (Lipinski definition) is 7. The molecule has 4 aromatic carbocycles. The molecule has 250 valence electrons. The summed E-state index contributed by atoms with van der Waals surface area (Å²) < 4.78 is 69.1. The van der Waals surface area contributed by atoms with Crippen LogP contribution in [0.3, 0.4) is 0 Å². The second-order valence-corrected chi connectivity index (χ2v) is 15.0. The molecule has 1 fully saturated rings. The van der Waals surface area contributed by atoms with Crippen LogP contribution in [-0.4, -0.2) is 59.4 Å². The summed E-state index contributed by atoms with van der Waals surface area (Å²) >= 11 is 0. The van der Waals surface area contributed by atoms with Gasteiger partial charge in [0.05, 0.1) is 11.2 Å². The quantitative estimate of drug-likeness (QED) is 0.193. The summed E-state index contributed by atoms with van der Waals surface area (Å²) in [5, 5.41) is 2.83. The van der Waals surface area contributed by atoms with E-state index in [9.17, 15) is 26.0 Å². The molecule has 2 amide bonds. The van der Waals surface area contributed by atoms with E-state index in [1.165, 1.54) is 36.4 Å². The molecule has 1 aliphatic rings. The van der Waals surface area contributed by atoms with E-state index in [0.717, 1.165) is 18.1 Å². The molecule has 0 saturated carbocycles. The van der Waals surface area contributed by atoms with Crippen LogP contribution in [0.25, 0.3) is 0 Å². The van der Waals surface area contributed by atoms with Crippen LogP contribution in [-0.2, 0) is 26.4 Å². The highest BCUT2D eigenvalue weighted by atomic mass is 35.5. The van der Waals surface area contributed by atoms with Crippen molar-refractivity contribution in [3.05, 3.63) is 108 Å². The first-order chi connectivity index (χ1) is 21.8. The SMILES string of the molecule is CS(=O)(=O)Nc1ccc(Oc2ccc(CN3CCC(N(C(=O)Nc4ccc(F)cc4)c4cccc(S(C)(=O)=O)c4)CC3)cc2)cc1.Cl. The van der Waals surface area contributed by atoms with Gasteiger partial charge in [0.1, 0.15) is 17.3 Å². The zero-order valence-corrected chi connectivity index (χ0v) is 28.2. The molecule has 0 atom stereocenters. The Morgan fingerprint density at radius 1 is 0.851 bits per heavy atom. The van der Waals surface area contributed by atoms with Gasteiger partial charge >= 0.3 is 6.03 Å². The summed E-state index contributed by atoms with van der Waals surface area (Å²) in [5.41, 5.74) is 2.44. The van der Waals surface area contributed by atoms with Crippen LogP contribution in [0.4, 0.5) is 26.2 Å². The Kier molecular flexibility index (Phi) is 11.5. The van der Waals surface area contributed by atoms with E-state index in [2.05, 4.69) is 14.9 Å². The fourth-order valence-corrected chi connectivity index (χ4v) is 6.50. The van der Waals surface area contributed by atoms with Crippen molar-refractivity contribution in [2.45, 2.75) is 30.3 Å². The minimum atomic E-state index is -3.49. The normalized spacial score (nSPS) is 14.1. The summed E-state index contributed by atoms with van der Waals surface area (Å²) in [6.45, 7) is 2.12. The van der Waals surface area contributed by atoms with Crippen molar-refractivity contribution in [1.29, 1.82) is 0 Å². The number of halogens is 2. The largest absolute Gasteiger partial charge is 0.457 e. The first kappa shape index (κ1) is 35.7. The van der Waals surface area contributed by atoms with E-state index in [4.69, 9.17) is 4.74 Å². The molecule has 2 N–H and O–H groups in total. The summed E-state index contributed by atoms with van der Waals surface area (Å²) in [5.74, 6) is 0.802. The number of ether oxygens (including phenoxy) is 1. The summed E-state index contributed by atoms with van der Waals surface area (Å²) in [6, 6.07) is 25.6. The van der Waals surface area contributed by atoms with Gasteiger partial charge in [0.2, 0.25) is 10.0 Å². The average Bonchev–Trinajstić information content (AvgIpc) is 3.00. The second-order valence-electron chi connectivity index (χ2n) is 11.2. The number of likely N-dealkylation sites (tertiary alicyclic amines) is 1. The number of rotatable bonds is 10. The molecular weight excluding hydrogens is 667 g/mol. The number of sulfone groups is 1.